The van der Waals surface area contributed by atoms with Gasteiger partial charge in [0.05, 0.1) is 4.92 Å². The van der Waals surface area contributed by atoms with Crippen LogP contribution in [0.4, 0.5) is 5.69 Å². The highest BCUT2D eigenvalue weighted by Crippen LogP contribution is 2.18. The molecule has 0 bridgehead atoms. The minimum absolute atomic E-state index is 0.00657. The lowest BCUT2D eigenvalue weighted by atomic mass is 10.1. The molecule has 0 radical (unpaired) electrons. The van der Waals surface area contributed by atoms with E-state index in [0.717, 1.165) is 5.56 Å². The monoisotopic (exact) mass is 343 g/mol. The highest BCUT2D eigenvalue weighted by atomic mass is 16.6. The molecule has 1 unspecified atom stereocenters. The zero-order chi connectivity index (χ0) is 18.4. The summed E-state index contributed by atoms with van der Waals surface area (Å²) in [7, 11) is 0. The summed E-state index contributed by atoms with van der Waals surface area (Å²) >= 11 is 0. The minimum Gasteiger partial charge on any atom is -0.489 e. The van der Waals surface area contributed by atoms with Crippen LogP contribution in [0, 0.1) is 10.1 Å². The summed E-state index contributed by atoms with van der Waals surface area (Å²) in [4.78, 5) is 33.0. The first kappa shape index (κ1) is 17.9. The van der Waals surface area contributed by atoms with Crippen molar-refractivity contribution in [1.29, 1.82) is 0 Å². The molecule has 0 aliphatic carbocycles. The van der Waals surface area contributed by atoms with E-state index in [0.29, 0.717) is 11.3 Å². The number of hydrogen-bond acceptors (Lipinski definition) is 5. The Bertz CT molecular complexity index is 772. The Balaban J connectivity index is 1.92. The predicted octanol–water partition coefficient (Wildman–Crippen LogP) is 1.78. The summed E-state index contributed by atoms with van der Waals surface area (Å²) in [5, 5.41) is 13.1. The molecule has 0 saturated heterocycles. The predicted molar refractivity (Wildman–Crippen MR) is 90.0 cm³/mol. The van der Waals surface area contributed by atoms with Crippen LogP contribution in [0.3, 0.4) is 0 Å². The number of benzene rings is 2. The molecule has 2 amide bonds. The van der Waals surface area contributed by atoms with Gasteiger partial charge in [0.2, 0.25) is 5.91 Å². The summed E-state index contributed by atoms with van der Waals surface area (Å²) < 4.78 is 5.54. The maximum absolute atomic E-state index is 11.9. The summed E-state index contributed by atoms with van der Waals surface area (Å²) in [6.45, 7) is 1.75. The Kier molecular flexibility index (Phi) is 5.67. The first-order valence-electron chi connectivity index (χ1n) is 7.43. The number of nitro benzene ring substituents is 1. The van der Waals surface area contributed by atoms with Gasteiger partial charge < -0.3 is 15.8 Å². The van der Waals surface area contributed by atoms with E-state index in [1.807, 2.05) is 0 Å². The molecule has 130 valence electrons. The molecule has 0 spiro atoms. The van der Waals surface area contributed by atoms with Crippen LogP contribution in [0.15, 0.2) is 48.5 Å². The second-order valence-corrected chi connectivity index (χ2v) is 5.33. The maximum Gasteiger partial charge on any atom is 0.269 e. The normalized spacial score (nSPS) is 11.4. The van der Waals surface area contributed by atoms with Crippen molar-refractivity contribution in [2.45, 2.75) is 19.6 Å². The van der Waals surface area contributed by atoms with E-state index >= 15 is 0 Å². The number of amides is 2. The van der Waals surface area contributed by atoms with Gasteiger partial charge in [-0.2, -0.15) is 0 Å². The molecular weight excluding hydrogens is 326 g/mol. The summed E-state index contributed by atoms with van der Waals surface area (Å²) in [5.74, 6) is -0.502. The van der Waals surface area contributed by atoms with Crippen molar-refractivity contribution >= 4 is 17.5 Å². The number of hydrogen-bond donors (Lipinski definition) is 2. The fourth-order valence-electron chi connectivity index (χ4n) is 1.93. The van der Waals surface area contributed by atoms with E-state index in [1.165, 1.54) is 31.2 Å². The van der Waals surface area contributed by atoms with Crippen molar-refractivity contribution in [3.8, 4) is 5.75 Å². The minimum atomic E-state index is -0.752. The second-order valence-electron chi connectivity index (χ2n) is 5.33. The molecule has 8 heteroatoms. The van der Waals surface area contributed by atoms with Gasteiger partial charge in [0.25, 0.3) is 11.6 Å². The molecule has 8 nitrogen and oxygen atoms in total. The van der Waals surface area contributed by atoms with Gasteiger partial charge in [0.15, 0.2) is 0 Å². The van der Waals surface area contributed by atoms with Crippen LogP contribution in [-0.2, 0) is 11.4 Å². The second kappa shape index (κ2) is 7.91. The zero-order valence-electron chi connectivity index (χ0n) is 13.5. The van der Waals surface area contributed by atoms with E-state index in [1.54, 1.807) is 24.3 Å². The third-order valence-corrected chi connectivity index (χ3v) is 3.44. The number of rotatable bonds is 7. The fraction of sp³-hybridized carbons (Fsp3) is 0.176. The average molecular weight is 343 g/mol. The summed E-state index contributed by atoms with van der Waals surface area (Å²) in [6.07, 6.45) is 0. The van der Waals surface area contributed by atoms with Crippen LogP contribution in [0.25, 0.3) is 0 Å². The highest BCUT2D eigenvalue weighted by Gasteiger charge is 2.13. The maximum atomic E-state index is 11.9. The van der Waals surface area contributed by atoms with Crippen molar-refractivity contribution in [3.05, 3.63) is 69.8 Å². The smallest absolute Gasteiger partial charge is 0.269 e. The lowest BCUT2D eigenvalue weighted by molar-refractivity contribution is -0.384. The largest absolute Gasteiger partial charge is 0.489 e. The van der Waals surface area contributed by atoms with Gasteiger partial charge in [-0.15, -0.1) is 0 Å². The Hall–Kier alpha value is -3.42. The lowest BCUT2D eigenvalue weighted by Gasteiger charge is -2.10. The van der Waals surface area contributed by atoms with Crippen molar-refractivity contribution in [2.75, 3.05) is 0 Å². The van der Waals surface area contributed by atoms with E-state index in [2.05, 4.69) is 5.32 Å². The quantitative estimate of drug-likeness (QED) is 0.585. The number of non-ortho nitro benzene ring substituents is 1. The first-order chi connectivity index (χ1) is 11.9. The van der Waals surface area contributed by atoms with Crippen LogP contribution >= 0.6 is 0 Å². The fourth-order valence-corrected chi connectivity index (χ4v) is 1.93. The molecule has 0 aliphatic heterocycles. The molecule has 0 heterocycles. The Morgan fingerprint density at radius 3 is 2.28 bits per heavy atom. The van der Waals surface area contributed by atoms with Gasteiger partial charge in [-0.25, -0.2) is 0 Å². The van der Waals surface area contributed by atoms with Crippen molar-refractivity contribution in [1.82, 2.24) is 5.32 Å². The number of nitrogens with one attached hydrogen (secondary N) is 1. The van der Waals surface area contributed by atoms with Crippen LogP contribution < -0.4 is 15.8 Å². The number of carbonyl (C=O) groups is 2. The molecular formula is C17H17N3O5. The number of nitrogens with two attached hydrogens (primary N) is 1. The molecule has 25 heavy (non-hydrogen) atoms. The molecule has 1 atom stereocenters. The van der Waals surface area contributed by atoms with E-state index in [9.17, 15) is 19.7 Å². The summed E-state index contributed by atoms with van der Waals surface area (Å²) in [5.41, 5.74) is 6.31. The number of carbonyl (C=O) groups excluding carboxylic acids is 2. The molecule has 0 aliphatic rings. The van der Waals surface area contributed by atoms with Gasteiger partial charge in [-0.3, -0.25) is 19.7 Å². The number of ether oxygens (including phenoxy) is 1. The SMILES string of the molecule is CC(NC(=O)c1ccc(COc2ccc([N+](=O)[O-])cc2)cc1)C(N)=O. The van der Waals surface area contributed by atoms with Gasteiger partial charge in [0.1, 0.15) is 18.4 Å². The van der Waals surface area contributed by atoms with Crippen LogP contribution in [0.1, 0.15) is 22.8 Å². The van der Waals surface area contributed by atoms with Gasteiger partial charge in [-0.1, -0.05) is 12.1 Å². The number of nitrogens with zero attached hydrogens (tertiary/aromatic N) is 1. The number of nitro groups is 1. The van der Waals surface area contributed by atoms with Gasteiger partial charge in [0, 0.05) is 17.7 Å². The molecule has 2 rings (SSSR count). The average Bonchev–Trinajstić information content (AvgIpc) is 2.60. The molecule has 3 N–H and O–H groups in total. The Labute approximate surface area is 143 Å². The van der Waals surface area contributed by atoms with Crippen LogP contribution in [0.2, 0.25) is 0 Å². The van der Waals surface area contributed by atoms with Crippen LogP contribution in [0.5, 0.6) is 5.75 Å². The van der Waals surface area contributed by atoms with Crippen molar-refractivity contribution in [3.63, 3.8) is 0 Å². The first-order valence-corrected chi connectivity index (χ1v) is 7.43. The van der Waals surface area contributed by atoms with Crippen molar-refractivity contribution in [2.24, 2.45) is 5.73 Å². The van der Waals surface area contributed by atoms with Crippen molar-refractivity contribution < 1.29 is 19.2 Å². The molecule has 2 aromatic carbocycles. The standard InChI is InChI=1S/C17H17N3O5/c1-11(16(18)21)19-17(22)13-4-2-12(3-5-13)10-25-15-8-6-14(7-9-15)20(23)24/h2-9,11H,10H2,1H3,(H2,18,21)(H,19,22). The van der Waals surface area contributed by atoms with Crippen LogP contribution in [-0.4, -0.2) is 22.8 Å². The Morgan fingerprint density at radius 1 is 1.16 bits per heavy atom. The van der Waals surface area contributed by atoms with E-state index in [4.69, 9.17) is 10.5 Å². The third kappa shape index (κ3) is 5.03. The topological polar surface area (TPSA) is 125 Å². The molecule has 0 fully saturated rings. The number of primary amides is 1. The molecule has 0 aromatic heterocycles. The lowest BCUT2D eigenvalue weighted by Crippen LogP contribution is -2.42. The molecule has 2 aromatic rings. The van der Waals surface area contributed by atoms with E-state index in [-0.39, 0.29) is 12.3 Å². The van der Waals surface area contributed by atoms with Gasteiger partial charge in [-0.05, 0) is 36.8 Å². The Morgan fingerprint density at radius 2 is 1.76 bits per heavy atom. The zero-order valence-corrected chi connectivity index (χ0v) is 13.5. The third-order valence-electron chi connectivity index (χ3n) is 3.44. The summed E-state index contributed by atoms with van der Waals surface area (Å²) in [6, 6.07) is 11.7. The van der Waals surface area contributed by atoms with Gasteiger partial charge >= 0.3 is 0 Å². The van der Waals surface area contributed by atoms with E-state index < -0.39 is 22.8 Å². The highest BCUT2D eigenvalue weighted by molar-refractivity contribution is 5.97. The molecule has 0 saturated carbocycles.